The van der Waals surface area contributed by atoms with Crippen LogP contribution in [0.3, 0.4) is 0 Å². The van der Waals surface area contributed by atoms with Crippen molar-refractivity contribution in [1.82, 2.24) is 4.57 Å². The second-order valence-electron chi connectivity index (χ2n) is 3.48. The van der Waals surface area contributed by atoms with Crippen LogP contribution in [0.5, 0.6) is 0 Å². The van der Waals surface area contributed by atoms with E-state index in [1.165, 1.54) is 7.11 Å². The van der Waals surface area contributed by atoms with Gasteiger partial charge in [-0.25, -0.2) is 0 Å². The first kappa shape index (κ1) is 10.7. The van der Waals surface area contributed by atoms with E-state index in [0.717, 1.165) is 19.0 Å². The molecule has 1 fully saturated rings. The Labute approximate surface area is 80.0 Å². The first-order valence-electron chi connectivity index (χ1n) is 4.49. The van der Waals surface area contributed by atoms with E-state index in [0.29, 0.717) is 6.54 Å². The highest BCUT2D eigenvalue weighted by molar-refractivity contribution is 6.70. The summed E-state index contributed by atoms with van der Waals surface area (Å²) in [5, 5.41) is 0. The van der Waals surface area contributed by atoms with Crippen molar-refractivity contribution < 1.29 is 14.0 Å². The molecule has 1 rings (SSSR count). The standard InChI is InChI=1S/C8H17NO3Si/c1-11-8(10)7-9-5-4-6-13(9,3)12-2/h4-7H2,1-3H3. The Morgan fingerprint density at radius 2 is 2.23 bits per heavy atom. The molecule has 0 aromatic heterocycles. The molecule has 0 spiro atoms. The molecule has 0 saturated carbocycles. The Bertz CT molecular complexity index is 200. The summed E-state index contributed by atoms with van der Waals surface area (Å²) < 4.78 is 12.3. The van der Waals surface area contributed by atoms with Gasteiger partial charge in [0.05, 0.1) is 13.7 Å². The Morgan fingerprint density at radius 1 is 1.54 bits per heavy atom. The zero-order valence-corrected chi connectivity index (χ0v) is 9.50. The van der Waals surface area contributed by atoms with Crippen molar-refractivity contribution in [1.29, 1.82) is 0 Å². The van der Waals surface area contributed by atoms with E-state index in [2.05, 4.69) is 15.8 Å². The lowest BCUT2D eigenvalue weighted by Crippen LogP contribution is -2.50. The number of methoxy groups -OCH3 is 1. The van der Waals surface area contributed by atoms with Crippen LogP contribution in [0.4, 0.5) is 0 Å². The second kappa shape index (κ2) is 4.21. The smallest absolute Gasteiger partial charge is 0.319 e. The van der Waals surface area contributed by atoms with E-state index in [4.69, 9.17) is 4.43 Å². The van der Waals surface area contributed by atoms with Gasteiger partial charge in [-0.05, 0) is 25.6 Å². The predicted molar refractivity (Wildman–Crippen MR) is 51.6 cm³/mol. The fourth-order valence-electron chi connectivity index (χ4n) is 1.69. The van der Waals surface area contributed by atoms with Gasteiger partial charge in [0, 0.05) is 7.11 Å². The Hall–Kier alpha value is -0.393. The zero-order chi connectivity index (χ0) is 9.90. The molecule has 1 unspecified atom stereocenters. The van der Waals surface area contributed by atoms with Gasteiger partial charge in [0.1, 0.15) is 0 Å². The van der Waals surface area contributed by atoms with Gasteiger partial charge in [-0.1, -0.05) is 0 Å². The molecule has 0 bridgehead atoms. The summed E-state index contributed by atoms with van der Waals surface area (Å²) in [6, 6.07) is 1.11. The van der Waals surface area contributed by atoms with Crippen molar-refractivity contribution in [3.05, 3.63) is 0 Å². The van der Waals surface area contributed by atoms with Crippen molar-refractivity contribution in [2.45, 2.75) is 19.0 Å². The molecular weight excluding hydrogens is 186 g/mol. The van der Waals surface area contributed by atoms with E-state index in [9.17, 15) is 4.79 Å². The quantitative estimate of drug-likeness (QED) is 0.497. The molecule has 1 aliphatic heterocycles. The topological polar surface area (TPSA) is 38.8 Å². The summed E-state index contributed by atoms with van der Waals surface area (Å²) in [6.45, 7) is 3.49. The van der Waals surface area contributed by atoms with Crippen LogP contribution in [-0.4, -0.2) is 46.3 Å². The number of hydrogen-bond acceptors (Lipinski definition) is 4. The van der Waals surface area contributed by atoms with Crippen LogP contribution in [0.1, 0.15) is 6.42 Å². The lowest BCUT2D eigenvalue weighted by atomic mass is 10.5. The van der Waals surface area contributed by atoms with E-state index in [1.807, 2.05) is 0 Å². The van der Waals surface area contributed by atoms with Crippen molar-refractivity contribution in [2.75, 3.05) is 27.3 Å². The number of carbonyl (C=O) groups is 1. The Morgan fingerprint density at radius 3 is 2.77 bits per heavy atom. The molecule has 1 aliphatic rings. The van der Waals surface area contributed by atoms with Crippen molar-refractivity contribution in [3.8, 4) is 0 Å². The Kier molecular flexibility index (Phi) is 3.46. The molecule has 1 atom stereocenters. The monoisotopic (exact) mass is 203 g/mol. The maximum absolute atomic E-state index is 11.1. The van der Waals surface area contributed by atoms with Crippen LogP contribution in [0.25, 0.3) is 0 Å². The van der Waals surface area contributed by atoms with Crippen LogP contribution in [0.15, 0.2) is 0 Å². The van der Waals surface area contributed by atoms with Gasteiger partial charge < -0.3 is 9.16 Å². The number of nitrogens with zero attached hydrogens (tertiary/aromatic N) is 1. The minimum absolute atomic E-state index is 0.169. The molecule has 0 aromatic rings. The number of rotatable bonds is 3. The molecule has 0 radical (unpaired) electrons. The minimum Gasteiger partial charge on any atom is -0.468 e. The molecule has 0 amide bonds. The highest BCUT2D eigenvalue weighted by Gasteiger charge is 2.41. The van der Waals surface area contributed by atoms with Crippen molar-refractivity contribution in [2.24, 2.45) is 0 Å². The number of carbonyl (C=O) groups excluding carboxylic acids is 1. The first-order valence-corrected chi connectivity index (χ1v) is 7.05. The maximum Gasteiger partial charge on any atom is 0.319 e. The molecule has 1 saturated heterocycles. The average Bonchev–Trinajstić information content (AvgIpc) is 2.49. The van der Waals surface area contributed by atoms with E-state index in [-0.39, 0.29) is 5.97 Å². The van der Waals surface area contributed by atoms with Crippen molar-refractivity contribution >= 4 is 14.4 Å². The second-order valence-corrected chi connectivity index (χ2v) is 7.37. The third-order valence-electron chi connectivity index (χ3n) is 2.72. The molecule has 0 N–H and O–H groups in total. The predicted octanol–water partition coefficient (Wildman–Crippen LogP) is 0.583. The van der Waals surface area contributed by atoms with Gasteiger partial charge in [0.25, 0.3) is 8.48 Å². The number of ether oxygens (including phenoxy) is 1. The molecule has 0 aromatic carbocycles. The van der Waals surface area contributed by atoms with Crippen LogP contribution in [-0.2, 0) is 14.0 Å². The molecular formula is C8H17NO3Si. The summed E-state index contributed by atoms with van der Waals surface area (Å²) in [6.07, 6.45) is 1.13. The number of hydrogen-bond donors (Lipinski definition) is 0. The molecule has 4 nitrogen and oxygen atoms in total. The van der Waals surface area contributed by atoms with Gasteiger partial charge in [-0.15, -0.1) is 0 Å². The average molecular weight is 203 g/mol. The van der Waals surface area contributed by atoms with Gasteiger partial charge >= 0.3 is 5.97 Å². The minimum atomic E-state index is -1.74. The van der Waals surface area contributed by atoms with Gasteiger partial charge in [-0.3, -0.25) is 9.36 Å². The summed E-state index contributed by atoms with van der Waals surface area (Å²) in [5.41, 5.74) is 0. The fourth-order valence-corrected chi connectivity index (χ4v) is 4.38. The summed E-state index contributed by atoms with van der Waals surface area (Å²) in [4.78, 5) is 11.1. The summed E-state index contributed by atoms with van der Waals surface area (Å²) >= 11 is 0. The molecule has 5 heteroatoms. The molecule has 13 heavy (non-hydrogen) atoms. The lowest BCUT2D eigenvalue weighted by molar-refractivity contribution is -0.141. The van der Waals surface area contributed by atoms with E-state index < -0.39 is 8.48 Å². The van der Waals surface area contributed by atoms with Crippen molar-refractivity contribution in [3.63, 3.8) is 0 Å². The molecule has 0 aliphatic carbocycles. The van der Waals surface area contributed by atoms with Crippen LogP contribution in [0.2, 0.25) is 12.6 Å². The SMILES string of the molecule is COC(=O)CN1CCC[Si]1(C)OC. The van der Waals surface area contributed by atoms with Gasteiger partial charge in [0.15, 0.2) is 0 Å². The normalized spacial score (nSPS) is 29.2. The zero-order valence-electron chi connectivity index (χ0n) is 8.50. The Balaban J connectivity index is 2.53. The highest BCUT2D eigenvalue weighted by atomic mass is 28.4. The van der Waals surface area contributed by atoms with Gasteiger partial charge in [-0.2, -0.15) is 0 Å². The highest BCUT2D eigenvalue weighted by Crippen LogP contribution is 2.25. The largest absolute Gasteiger partial charge is 0.468 e. The summed E-state index contributed by atoms with van der Waals surface area (Å²) in [5.74, 6) is -0.169. The fraction of sp³-hybridized carbons (Fsp3) is 0.875. The number of esters is 1. The van der Waals surface area contributed by atoms with E-state index in [1.54, 1.807) is 7.11 Å². The maximum atomic E-state index is 11.1. The van der Waals surface area contributed by atoms with E-state index >= 15 is 0 Å². The first-order chi connectivity index (χ1) is 6.12. The summed E-state index contributed by atoms with van der Waals surface area (Å²) in [7, 11) is 1.42. The van der Waals surface area contributed by atoms with Crippen LogP contribution < -0.4 is 0 Å². The van der Waals surface area contributed by atoms with Gasteiger partial charge in [0.2, 0.25) is 0 Å². The lowest BCUT2D eigenvalue weighted by Gasteiger charge is -2.29. The van der Waals surface area contributed by atoms with Crippen LogP contribution in [0, 0.1) is 0 Å². The third kappa shape index (κ3) is 2.29. The third-order valence-corrected chi connectivity index (χ3v) is 6.61. The molecule has 76 valence electrons. The van der Waals surface area contributed by atoms with Crippen LogP contribution >= 0.6 is 0 Å². The molecule has 1 heterocycles.